The normalized spacial score (nSPS) is 13.6. The predicted molar refractivity (Wildman–Crippen MR) is 36.4 cm³/mol. The fourth-order valence-corrected chi connectivity index (χ4v) is 0. The molecule has 10 radical (unpaired) electrons. The molecule has 1 nitrogen and oxygen atoms in total. The molecule has 30 valence electrons. The molecule has 0 bridgehead atoms. The van der Waals surface area contributed by atoms with Crippen LogP contribution in [0.3, 0.4) is 0 Å². The molecule has 0 atom stereocenters. The van der Waals surface area contributed by atoms with Crippen molar-refractivity contribution in [3.05, 3.63) is 0 Å². The summed E-state index contributed by atoms with van der Waals surface area (Å²) in [5.74, 6) is 0. The lowest BCUT2D eigenvalue weighted by molar-refractivity contribution is 0.215. The Balaban J connectivity index is 4.02. The molecule has 0 heterocycles. The van der Waals surface area contributed by atoms with E-state index in [1.54, 1.807) is 0 Å². The molecule has 0 rings (SSSR count). The predicted octanol–water partition coefficient (Wildman–Crippen LogP) is -2.45. The largest absolute Gasteiger partial charge is 0.411 e. The molecule has 0 unspecified atom stereocenters. The molecule has 8 heavy (non-hydrogen) atoms. The van der Waals surface area contributed by atoms with Crippen molar-refractivity contribution < 1.29 is 5.11 Å². The monoisotopic (exact) mass is 96.0 g/mol. The minimum absolute atomic E-state index is 1.95. The van der Waals surface area contributed by atoms with Crippen LogP contribution in [0.15, 0.2) is 0 Å². The Hall–Kier alpha value is 0.285. The van der Waals surface area contributed by atoms with Crippen LogP contribution >= 0.6 is 0 Å². The second kappa shape index (κ2) is 1.91. The third kappa shape index (κ3) is 2.04. The van der Waals surface area contributed by atoms with E-state index in [4.69, 9.17) is 44.3 Å². The van der Waals surface area contributed by atoms with Crippen molar-refractivity contribution >= 4 is 39.2 Å². The van der Waals surface area contributed by atoms with Gasteiger partial charge >= 0.3 is 0 Å². The van der Waals surface area contributed by atoms with Gasteiger partial charge in [0.15, 0.2) is 0 Å². The van der Waals surface area contributed by atoms with E-state index in [1.807, 2.05) is 0 Å². The zero-order valence-electron chi connectivity index (χ0n) is 4.33. The molecule has 0 amide bonds. The molecule has 0 aromatic rings. The lowest BCUT2D eigenvalue weighted by Gasteiger charge is -2.36. The summed E-state index contributed by atoms with van der Waals surface area (Å²) < 4.78 is 0. The van der Waals surface area contributed by atoms with E-state index < -0.39 is 10.5 Å². The van der Waals surface area contributed by atoms with Gasteiger partial charge in [0, 0.05) is 0 Å². The number of aliphatic hydroxyl groups is 1. The fourth-order valence-electron chi connectivity index (χ4n) is 0. The summed E-state index contributed by atoms with van der Waals surface area (Å²) in [6.07, 6.45) is 0. The standard InChI is InChI=1S/C2HB5O/c3-1(4,5)2(6,7)8/h8H. The fraction of sp³-hybridized carbons (Fsp3) is 1.00. The first-order chi connectivity index (χ1) is 3.25. The van der Waals surface area contributed by atoms with E-state index in [1.165, 1.54) is 0 Å². The van der Waals surface area contributed by atoms with Crippen LogP contribution < -0.4 is 0 Å². The molecule has 0 aliphatic heterocycles. The molecular formula is C2HB5O. The minimum atomic E-state index is -2.23. The van der Waals surface area contributed by atoms with Gasteiger partial charge in [-0.15, -0.1) is 5.11 Å². The first-order valence-corrected chi connectivity index (χ1v) is 1.92. The van der Waals surface area contributed by atoms with Crippen molar-refractivity contribution in [2.45, 2.75) is 10.5 Å². The van der Waals surface area contributed by atoms with E-state index in [0.29, 0.717) is 0 Å². The first kappa shape index (κ1) is 8.28. The summed E-state index contributed by atoms with van der Waals surface area (Å²) in [6, 6.07) is 0. The van der Waals surface area contributed by atoms with Crippen LogP contribution in [0.2, 0.25) is 5.11 Å². The van der Waals surface area contributed by atoms with Crippen LogP contribution in [0.1, 0.15) is 0 Å². The van der Waals surface area contributed by atoms with E-state index in [-0.39, 0.29) is 0 Å². The Morgan fingerprint density at radius 1 is 0.875 bits per heavy atom. The summed E-state index contributed by atoms with van der Waals surface area (Å²) in [5.41, 5.74) is 0. The Bertz CT molecular complexity index is 65.4. The Morgan fingerprint density at radius 2 is 1.00 bits per heavy atom. The van der Waals surface area contributed by atoms with Crippen LogP contribution in [0.5, 0.6) is 0 Å². The summed E-state index contributed by atoms with van der Waals surface area (Å²) in [6.45, 7) is 0. The second-order valence-electron chi connectivity index (χ2n) is 1.76. The molecule has 0 aliphatic carbocycles. The highest BCUT2D eigenvalue weighted by Crippen LogP contribution is 2.20. The summed E-state index contributed by atoms with van der Waals surface area (Å²) in [7, 11) is 24.1. The molecule has 0 saturated heterocycles. The molecule has 0 aromatic heterocycles. The van der Waals surface area contributed by atoms with Gasteiger partial charge in [-0.1, -0.05) is 0 Å². The van der Waals surface area contributed by atoms with Crippen molar-refractivity contribution in [2.24, 2.45) is 0 Å². The SMILES string of the molecule is [B]C([B])([B])C([B])([B])O. The number of rotatable bonds is 1. The van der Waals surface area contributed by atoms with Crippen molar-refractivity contribution in [2.75, 3.05) is 0 Å². The van der Waals surface area contributed by atoms with Crippen LogP contribution in [0, 0.1) is 0 Å². The lowest BCUT2D eigenvalue weighted by Crippen LogP contribution is -2.45. The second-order valence-corrected chi connectivity index (χ2v) is 1.76. The van der Waals surface area contributed by atoms with Gasteiger partial charge in [0.2, 0.25) is 0 Å². The maximum Gasteiger partial charge on any atom is 0.0967 e. The van der Waals surface area contributed by atoms with Gasteiger partial charge in [0.05, 0.1) is 39.2 Å². The maximum atomic E-state index is 8.53. The average molecular weight is 95.1 g/mol. The third-order valence-corrected chi connectivity index (χ3v) is 0.694. The third-order valence-electron chi connectivity index (χ3n) is 0.694. The first-order valence-electron chi connectivity index (χ1n) is 1.92. The van der Waals surface area contributed by atoms with Crippen molar-refractivity contribution in [3.63, 3.8) is 0 Å². The zero-order valence-corrected chi connectivity index (χ0v) is 4.33. The van der Waals surface area contributed by atoms with Gasteiger partial charge in [-0.05, 0) is 5.40 Å². The smallest absolute Gasteiger partial charge is 0.0967 e. The summed E-state index contributed by atoms with van der Waals surface area (Å²) >= 11 is 0. The molecule has 0 spiro atoms. The number of hydrogen-bond donors (Lipinski definition) is 1. The van der Waals surface area contributed by atoms with E-state index in [2.05, 4.69) is 0 Å². The zero-order chi connectivity index (χ0) is 7.00. The number of hydrogen-bond acceptors (Lipinski definition) is 1. The maximum absolute atomic E-state index is 8.53. The van der Waals surface area contributed by atoms with Crippen molar-refractivity contribution in [3.8, 4) is 0 Å². The van der Waals surface area contributed by atoms with E-state index in [9.17, 15) is 0 Å². The topological polar surface area (TPSA) is 20.2 Å². The Morgan fingerprint density at radius 3 is 1.00 bits per heavy atom. The van der Waals surface area contributed by atoms with Crippen LogP contribution in [0.25, 0.3) is 0 Å². The van der Waals surface area contributed by atoms with Gasteiger partial charge in [-0.3, -0.25) is 0 Å². The molecule has 0 saturated carbocycles. The molecule has 0 aliphatic rings. The van der Waals surface area contributed by atoms with E-state index in [0.717, 1.165) is 0 Å². The molecule has 0 aromatic carbocycles. The van der Waals surface area contributed by atoms with E-state index >= 15 is 0 Å². The molecule has 0 fully saturated rings. The van der Waals surface area contributed by atoms with Crippen molar-refractivity contribution in [1.82, 2.24) is 0 Å². The van der Waals surface area contributed by atoms with Crippen LogP contribution in [-0.2, 0) is 0 Å². The van der Waals surface area contributed by atoms with Gasteiger partial charge in [-0.25, -0.2) is 0 Å². The average Bonchev–Trinajstić information content (AvgIpc) is 1.25. The van der Waals surface area contributed by atoms with Gasteiger partial charge < -0.3 is 5.11 Å². The highest BCUT2D eigenvalue weighted by Gasteiger charge is 2.26. The molecule has 1 N–H and O–H groups in total. The molecular weight excluding hydrogens is 94.1 g/mol. The summed E-state index contributed by atoms with van der Waals surface area (Å²) in [4.78, 5) is 0. The van der Waals surface area contributed by atoms with Gasteiger partial charge in [-0.2, -0.15) is 0 Å². The quantitative estimate of drug-likeness (QED) is 0.358. The highest BCUT2D eigenvalue weighted by atomic mass is 16.3. The highest BCUT2D eigenvalue weighted by molar-refractivity contribution is 6.66. The Kier molecular flexibility index (Phi) is 1.97. The van der Waals surface area contributed by atoms with Crippen LogP contribution in [-0.4, -0.2) is 49.7 Å². The van der Waals surface area contributed by atoms with Gasteiger partial charge in [0.25, 0.3) is 0 Å². The Labute approximate surface area is 55.7 Å². The minimum Gasteiger partial charge on any atom is -0.411 e. The molecule has 6 heteroatoms. The van der Waals surface area contributed by atoms with Crippen LogP contribution in [0.4, 0.5) is 0 Å². The van der Waals surface area contributed by atoms with Gasteiger partial charge in [0.1, 0.15) is 0 Å². The van der Waals surface area contributed by atoms with Crippen molar-refractivity contribution in [1.29, 1.82) is 0 Å². The summed E-state index contributed by atoms with van der Waals surface area (Å²) in [5, 5.41) is 4.35. The lowest BCUT2D eigenvalue weighted by atomic mass is 9.28.